The minimum atomic E-state index is 0.124. The predicted octanol–water partition coefficient (Wildman–Crippen LogP) is 4.24. The molecule has 1 aromatic carbocycles. The minimum Gasteiger partial charge on any atom is -0.491 e. The van der Waals surface area contributed by atoms with E-state index >= 15 is 0 Å². The minimum absolute atomic E-state index is 0.124. The quantitative estimate of drug-likeness (QED) is 0.670. The Kier molecular flexibility index (Phi) is 7.31. The summed E-state index contributed by atoms with van der Waals surface area (Å²) >= 11 is 0. The lowest BCUT2D eigenvalue weighted by atomic mass is 9.88. The summed E-state index contributed by atoms with van der Waals surface area (Å²) in [7, 11) is 0. The average molecular weight is 373 g/mol. The Morgan fingerprint density at radius 2 is 1.96 bits per heavy atom. The smallest absolute Gasteiger partial charge is 0.167 e. The molecule has 1 unspecified atom stereocenters. The predicted molar refractivity (Wildman–Crippen MR) is 111 cm³/mol. The lowest BCUT2D eigenvalue weighted by Crippen LogP contribution is -2.49. The van der Waals surface area contributed by atoms with Crippen LogP contribution in [0.15, 0.2) is 24.3 Å². The number of hydrogen-bond donors (Lipinski definition) is 0. The van der Waals surface area contributed by atoms with Crippen LogP contribution in [0.3, 0.4) is 0 Å². The highest BCUT2D eigenvalue weighted by atomic mass is 16.5. The molecule has 0 bridgehead atoms. The second-order valence-corrected chi connectivity index (χ2v) is 8.47. The SMILES string of the molecule is CCCN1CCC(N2CCCC(C(=O)c3cccc(OC(C)C)c3)C2)CC1. The van der Waals surface area contributed by atoms with E-state index in [1.165, 1.54) is 38.9 Å². The van der Waals surface area contributed by atoms with E-state index < -0.39 is 0 Å². The van der Waals surface area contributed by atoms with Crippen LogP contribution in [0.5, 0.6) is 5.75 Å². The van der Waals surface area contributed by atoms with E-state index in [1.807, 2.05) is 38.1 Å². The van der Waals surface area contributed by atoms with Gasteiger partial charge in [0.05, 0.1) is 6.10 Å². The molecule has 0 aliphatic carbocycles. The number of likely N-dealkylation sites (tertiary alicyclic amines) is 2. The van der Waals surface area contributed by atoms with Gasteiger partial charge in [-0.25, -0.2) is 0 Å². The standard InChI is InChI=1S/C23H36N2O2/c1-4-12-24-14-10-21(11-15-24)25-13-6-8-20(17-25)23(26)19-7-5-9-22(16-19)27-18(2)3/h5,7,9,16,18,20-21H,4,6,8,10-15,17H2,1-3H3. The van der Waals surface area contributed by atoms with Crippen LogP contribution < -0.4 is 4.74 Å². The van der Waals surface area contributed by atoms with Crippen molar-refractivity contribution in [2.75, 3.05) is 32.7 Å². The first-order valence-electron chi connectivity index (χ1n) is 10.8. The second kappa shape index (κ2) is 9.70. The van der Waals surface area contributed by atoms with Gasteiger partial charge in [0.25, 0.3) is 0 Å². The average Bonchev–Trinajstić information content (AvgIpc) is 2.68. The van der Waals surface area contributed by atoms with Crippen molar-refractivity contribution in [1.29, 1.82) is 0 Å². The molecule has 2 saturated heterocycles. The summed E-state index contributed by atoms with van der Waals surface area (Å²) in [5.74, 6) is 1.21. The third kappa shape index (κ3) is 5.55. The van der Waals surface area contributed by atoms with Gasteiger partial charge in [-0.05, 0) is 84.3 Å². The highest BCUT2D eigenvalue weighted by molar-refractivity contribution is 5.98. The molecular weight excluding hydrogens is 336 g/mol. The van der Waals surface area contributed by atoms with E-state index in [9.17, 15) is 4.79 Å². The molecule has 0 spiro atoms. The molecule has 150 valence electrons. The van der Waals surface area contributed by atoms with Gasteiger partial charge in [0.1, 0.15) is 5.75 Å². The van der Waals surface area contributed by atoms with Crippen molar-refractivity contribution in [3.8, 4) is 5.75 Å². The summed E-state index contributed by atoms with van der Waals surface area (Å²) in [6.07, 6.45) is 6.01. The molecule has 0 radical (unpaired) electrons. The van der Waals surface area contributed by atoms with Crippen LogP contribution in [0.25, 0.3) is 0 Å². The summed E-state index contributed by atoms with van der Waals surface area (Å²) in [4.78, 5) is 18.3. The Labute approximate surface area is 164 Å². The number of Topliss-reactive ketones (excluding diaryl/α,β-unsaturated/α-hetero) is 1. The number of nitrogens with zero attached hydrogens (tertiary/aromatic N) is 2. The molecule has 3 rings (SSSR count). The van der Waals surface area contributed by atoms with E-state index in [1.54, 1.807) is 0 Å². The Hall–Kier alpha value is -1.39. The fourth-order valence-electron chi connectivity index (χ4n) is 4.61. The molecule has 27 heavy (non-hydrogen) atoms. The second-order valence-electron chi connectivity index (χ2n) is 8.47. The Bertz CT molecular complexity index is 608. The molecule has 0 N–H and O–H groups in total. The van der Waals surface area contributed by atoms with E-state index in [2.05, 4.69) is 16.7 Å². The molecule has 2 aliphatic rings. The molecule has 1 atom stereocenters. The number of benzene rings is 1. The van der Waals surface area contributed by atoms with Gasteiger partial charge in [-0.3, -0.25) is 9.69 Å². The summed E-state index contributed by atoms with van der Waals surface area (Å²) in [6, 6.07) is 8.40. The van der Waals surface area contributed by atoms with Crippen molar-refractivity contribution in [3.05, 3.63) is 29.8 Å². The maximum Gasteiger partial charge on any atom is 0.167 e. The van der Waals surface area contributed by atoms with Crippen LogP contribution in [0.2, 0.25) is 0 Å². The number of carbonyl (C=O) groups excluding carboxylic acids is 1. The van der Waals surface area contributed by atoms with Crippen LogP contribution in [-0.4, -0.2) is 60.5 Å². The zero-order valence-electron chi connectivity index (χ0n) is 17.3. The lowest BCUT2D eigenvalue weighted by Gasteiger charge is -2.42. The molecule has 1 aromatic rings. The maximum absolute atomic E-state index is 13.1. The summed E-state index contributed by atoms with van der Waals surface area (Å²) < 4.78 is 5.77. The molecule has 2 heterocycles. The fraction of sp³-hybridized carbons (Fsp3) is 0.696. The molecule has 4 heteroatoms. The van der Waals surface area contributed by atoms with Gasteiger partial charge in [0.15, 0.2) is 5.78 Å². The van der Waals surface area contributed by atoms with Gasteiger partial charge in [0.2, 0.25) is 0 Å². The maximum atomic E-state index is 13.1. The third-order valence-corrected chi connectivity index (χ3v) is 5.93. The van der Waals surface area contributed by atoms with E-state index in [0.29, 0.717) is 6.04 Å². The topological polar surface area (TPSA) is 32.8 Å². The molecule has 4 nitrogen and oxygen atoms in total. The summed E-state index contributed by atoms with van der Waals surface area (Å²) in [5, 5.41) is 0. The molecule has 2 aliphatic heterocycles. The first kappa shape index (κ1) is 20.3. The number of ether oxygens (including phenoxy) is 1. The number of ketones is 1. The first-order valence-corrected chi connectivity index (χ1v) is 10.8. The molecular formula is C23H36N2O2. The van der Waals surface area contributed by atoms with Gasteiger partial charge >= 0.3 is 0 Å². The summed E-state index contributed by atoms with van der Waals surface area (Å²) in [5.41, 5.74) is 0.803. The van der Waals surface area contributed by atoms with Gasteiger partial charge in [-0.2, -0.15) is 0 Å². The van der Waals surface area contributed by atoms with Crippen molar-refractivity contribution in [3.63, 3.8) is 0 Å². The van der Waals surface area contributed by atoms with Gasteiger partial charge in [-0.1, -0.05) is 19.1 Å². The van der Waals surface area contributed by atoms with Crippen molar-refractivity contribution >= 4 is 5.78 Å². The highest BCUT2D eigenvalue weighted by Crippen LogP contribution is 2.27. The van der Waals surface area contributed by atoms with E-state index in [0.717, 1.165) is 37.2 Å². The fourth-order valence-corrected chi connectivity index (χ4v) is 4.61. The third-order valence-electron chi connectivity index (χ3n) is 5.93. The normalized spacial score (nSPS) is 22.9. The number of hydrogen-bond acceptors (Lipinski definition) is 4. The number of carbonyl (C=O) groups is 1. The van der Waals surface area contributed by atoms with E-state index in [4.69, 9.17) is 4.74 Å². The zero-order valence-corrected chi connectivity index (χ0v) is 17.3. The van der Waals surface area contributed by atoms with Crippen molar-refractivity contribution < 1.29 is 9.53 Å². The Morgan fingerprint density at radius 3 is 2.67 bits per heavy atom. The Morgan fingerprint density at radius 1 is 1.19 bits per heavy atom. The largest absolute Gasteiger partial charge is 0.491 e. The summed E-state index contributed by atoms with van der Waals surface area (Å²) in [6.45, 7) is 12.0. The van der Waals surface area contributed by atoms with Crippen molar-refractivity contribution in [2.45, 2.75) is 65.0 Å². The van der Waals surface area contributed by atoms with Gasteiger partial charge < -0.3 is 9.64 Å². The zero-order chi connectivity index (χ0) is 19.2. The van der Waals surface area contributed by atoms with Crippen LogP contribution in [0.1, 0.15) is 63.2 Å². The first-order chi connectivity index (χ1) is 13.1. The van der Waals surface area contributed by atoms with Crippen LogP contribution in [-0.2, 0) is 0 Å². The molecule has 0 saturated carbocycles. The monoisotopic (exact) mass is 372 g/mol. The van der Waals surface area contributed by atoms with Crippen LogP contribution in [0.4, 0.5) is 0 Å². The van der Waals surface area contributed by atoms with Crippen LogP contribution in [0, 0.1) is 5.92 Å². The van der Waals surface area contributed by atoms with Crippen LogP contribution >= 0.6 is 0 Å². The van der Waals surface area contributed by atoms with Gasteiger partial charge in [-0.15, -0.1) is 0 Å². The molecule has 0 aromatic heterocycles. The molecule has 0 amide bonds. The highest BCUT2D eigenvalue weighted by Gasteiger charge is 2.32. The van der Waals surface area contributed by atoms with E-state index in [-0.39, 0.29) is 17.8 Å². The van der Waals surface area contributed by atoms with Crippen molar-refractivity contribution in [2.24, 2.45) is 5.92 Å². The Balaban J connectivity index is 1.58. The lowest BCUT2D eigenvalue weighted by molar-refractivity contribution is 0.0596. The number of rotatable bonds is 7. The van der Waals surface area contributed by atoms with Crippen molar-refractivity contribution in [1.82, 2.24) is 9.80 Å². The molecule has 2 fully saturated rings. The number of piperidine rings is 2. The van der Waals surface area contributed by atoms with Gasteiger partial charge in [0, 0.05) is 24.1 Å².